The lowest BCUT2D eigenvalue weighted by Gasteiger charge is -2.41. The van der Waals surface area contributed by atoms with Gasteiger partial charge in [-0.3, -0.25) is 0 Å². The highest BCUT2D eigenvalue weighted by atomic mass is 16.5. The summed E-state index contributed by atoms with van der Waals surface area (Å²) in [5.74, 6) is 0. The van der Waals surface area contributed by atoms with E-state index in [1.807, 2.05) is 0 Å². The zero-order valence-corrected chi connectivity index (χ0v) is 11.8. The summed E-state index contributed by atoms with van der Waals surface area (Å²) in [7, 11) is 1.77. The number of hydrogen-bond acceptors (Lipinski definition) is 3. The van der Waals surface area contributed by atoms with E-state index in [1.54, 1.807) is 7.11 Å². The third-order valence-electron chi connectivity index (χ3n) is 3.72. The molecule has 2 unspecified atom stereocenters. The predicted molar refractivity (Wildman–Crippen MR) is 71.4 cm³/mol. The third kappa shape index (κ3) is 4.94. The molecule has 0 bridgehead atoms. The van der Waals surface area contributed by atoms with E-state index in [0.29, 0.717) is 6.04 Å². The Bertz CT molecular complexity index is 191. The molecule has 102 valence electrons. The Hall–Kier alpha value is -0.120. The topological polar surface area (TPSA) is 30.5 Å². The van der Waals surface area contributed by atoms with Gasteiger partial charge in [0.2, 0.25) is 0 Å². The molecule has 0 spiro atoms. The van der Waals surface area contributed by atoms with Gasteiger partial charge in [0.05, 0.1) is 5.60 Å². The van der Waals surface area contributed by atoms with E-state index in [9.17, 15) is 0 Å². The molecule has 0 aromatic heterocycles. The summed E-state index contributed by atoms with van der Waals surface area (Å²) < 4.78 is 11.2. The Kier molecular flexibility index (Phi) is 7.09. The highest BCUT2D eigenvalue weighted by Gasteiger charge is 2.35. The average molecular weight is 243 g/mol. The molecule has 1 heterocycles. The van der Waals surface area contributed by atoms with Gasteiger partial charge in [-0.15, -0.1) is 0 Å². The van der Waals surface area contributed by atoms with Gasteiger partial charge in [-0.1, -0.05) is 6.92 Å². The Morgan fingerprint density at radius 1 is 1.41 bits per heavy atom. The van der Waals surface area contributed by atoms with Crippen molar-refractivity contribution in [2.45, 2.75) is 64.0 Å². The van der Waals surface area contributed by atoms with Crippen molar-refractivity contribution >= 4 is 0 Å². The Labute approximate surface area is 106 Å². The number of ether oxygens (including phenoxy) is 2. The lowest BCUT2D eigenvalue weighted by atomic mass is 9.85. The fourth-order valence-electron chi connectivity index (χ4n) is 2.60. The molecule has 1 saturated heterocycles. The van der Waals surface area contributed by atoms with Crippen LogP contribution < -0.4 is 5.32 Å². The van der Waals surface area contributed by atoms with E-state index in [4.69, 9.17) is 9.47 Å². The first-order valence-electron chi connectivity index (χ1n) is 7.09. The average Bonchev–Trinajstić information content (AvgIpc) is 2.34. The van der Waals surface area contributed by atoms with Crippen molar-refractivity contribution in [2.24, 2.45) is 0 Å². The monoisotopic (exact) mass is 243 g/mol. The summed E-state index contributed by atoms with van der Waals surface area (Å²) >= 11 is 0. The van der Waals surface area contributed by atoms with Gasteiger partial charge in [-0.05, 0) is 52.0 Å². The Morgan fingerprint density at radius 3 is 2.82 bits per heavy atom. The van der Waals surface area contributed by atoms with Gasteiger partial charge in [-0.25, -0.2) is 0 Å². The molecule has 0 aromatic rings. The van der Waals surface area contributed by atoms with E-state index in [-0.39, 0.29) is 5.60 Å². The van der Waals surface area contributed by atoms with Crippen LogP contribution in [0.4, 0.5) is 0 Å². The zero-order chi connectivity index (χ0) is 12.6. The molecular formula is C14H29NO2. The van der Waals surface area contributed by atoms with Crippen LogP contribution in [0.3, 0.4) is 0 Å². The second-order valence-electron chi connectivity index (χ2n) is 5.26. The number of rotatable bonds is 8. The molecule has 1 aliphatic rings. The van der Waals surface area contributed by atoms with Crippen LogP contribution in [-0.4, -0.2) is 38.5 Å². The lowest BCUT2D eigenvalue weighted by molar-refractivity contribution is -0.0908. The molecule has 0 aromatic carbocycles. The lowest BCUT2D eigenvalue weighted by Crippen LogP contribution is -2.52. The fourth-order valence-corrected chi connectivity index (χ4v) is 2.60. The van der Waals surface area contributed by atoms with Crippen molar-refractivity contribution in [3.63, 3.8) is 0 Å². The largest absolute Gasteiger partial charge is 0.385 e. The van der Waals surface area contributed by atoms with Crippen molar-refractivity contribution in [2.75, 3.05) is 26.9 Å². The molecule has 0 aliphatic carbocycles. The summed E-state index contributed by atoms with van der Waals surface area (Å²) in [4.78, 5) is 0. The first-order chi connectivity index (χ1) is 8.23. The quantitative estimate of drug-likeness (QED) is 0.665. The van der Waals surface area contributed by atoms with E-state index in [0.717, 1.165) is 32.6 Å². The van der Waals surface area contributed by atoms with Crippen LogP contribution in [0.5, 0.6) is 0 Å². The first-order valence-corrected chi connectivity index (χ1v) is 7.09. The molecule has 0 radical (unpaired) electrons. The standard InChI is InChI=1S/C14H29NO2/c1-4-10-15-13(8-7-11-16-3)14(2)9-5-6-12-17-14/h13,15H,4-12H2,1-3H3. The van der Waals surface area contributed by atoms with E-state index < -0.39 is 0 Å². The number of nitrogens with one attached hydrogen (secondary N) is 1. The molecule has 3 heteroatoms. The second kappa shape index (κ2) is 8.06. The van der Waals surface area contributed by atoms with Crippen molar-refractivity contribution < 1.29 is 9.47 Å². The van der Waals surface area contributed by atoms with Gasteiger partial charge in [0.1, 0.15) is 0 Å². The number of hydrogen-bond donors (Lipinski definition) is 1. The van der Waals surface area contributed by atoms with Crippen LogP contribution in [0.15, 0.2) is 0 Å². The van der Waals surface area contributed by atoms with Crippen LogP contribution >= 0.6 is 0 Å². The van der Waals surface area contributed by atoms with Gasteiger partial charge < -0.3 is 14.8 Å². The van der Waals surface area contributed by atoms with Gasteiger partial charge >= 0.3 is 0 Å². The van der Waals surface area contributed by atoms with E-state index in [1.165, 1.54) is 25.7 Å². The van der Waals surface area contributed by atoms with Crippen LogP contribution in [0.1, 0.15) is 52.4 Å². The summed E-state index contributed by atoms with van der Waals surface area (Å²) in [6.45, 7) is 7.33. The van der Waals surface area contributed by atoms with Crippen LogP contribution in [0.25, 0.3) is 0 Å². The van der Waals surface area contributed by atoms with Gasteiger partial charge in [0.15, 0.2) is 0 Å². The SMILES string of the molecule is CCCNC(CCCOC)C1(C)CCCCO1. The second-order valence-corrected chi connectivity index (χ2v) is 5.26. The Balaban J connectivity index is 2.46. The summed E-state index contributed by atoms with van der Waals surface area (Å²) in [5.41, 5.74) is 0.0289. The fraction of sp³-hybridized carbons (Fsp3) is 1.00. The maximum Gasteiger partial charge on any atom is 0.0806 e. The summed E-state index contributed by atoms with van der Waals surface area (Å²) in [6.07, 6.45) is 7.12. The molecule has 1 fully saturated rings. The molecule has 1 N–H and O–H groups in total. The molecule has 1 aliphatic heterocycles. The summed E-state index contributed by atoms with van der Waals surface area (Å²) in [6, 6.07) is 0.470. The highest BCUT2D eigenvalue weighted by Crippen LogP contribution is 2.30. The molecule has 3 nitrogen and oxygen atoms in total. The van der Waals surface area contributed by atoms with Crippen LogP contribution in [-0.2, 0) is 9.47 Å². The van der Waals surface area contributed by atoms with E-state index in [2.05, 4.69) is 19.2 Å². The smallest absolute Gasteiger partial charge is 0.0806 e. The molecule has 1 rings (SSSR count). The zero-order valence-electron chi connectivity index (χ0n) is 11.8. The molecule has 0 saturated carbocycles. The number of methoxy groups -OCH3 is 1. The minimum absolute atomic E-state index is 0.0289. The van der Waals surface area contributed by atoms with Crippen molar-refractivity contribution in [3.8, 4) is 0 Å². The Morgan fingerprint density at radius 2 is 2.24 bits per heavy atom. The van der Waals surface area contributed by atoms with Crippen molar-refractivity contribution in [1.29, 1.82) is 0 Å². The van der Waals surface area contributed by atoms with Gasteiger partial charge in [0, 0.05) is 26.4 Å². The van der Waals surface area contributed by atoms with E-state index >= 15 is 0 Å². The van der Waals surface area contributed by atoms with Gasteiger partial charge in [-0.2, -0.15) is 0 Å². The highest BCUT2D eigenvalue weighted by molar-refractivity contribution is 4.91. The van der Waals surface area contributed by atoms with Gasteiger partial charge in [0.25, 0.3) is 0 Å². The maximum absolute atomic E-state index is 6.05. The molecular weight excluding hydrogens is 214 g/mol. The normalized spacial score (nSPS) is 27.0. The minimum atomic E-state index is 0.0289. The minimum Gasteiger partial charge on any atom is -0.385 e. The maximum atomic E-state index is 6.05. The van der Waals surface area contributed by atoms with Crippen LogP contribution in [0, 0.1) is 0 Å². The summed E-state index contributed by atoms with van der Waals surface area (Å²) in [5, 5.41) is 3.66. The van der Waals surface area contributed by atoms with Crippen molar-refractivity contribution in [1.82, 2.24) is 5.32 Å². The van der Waals surface area contributed by atoms with Crippen LogP contribution in [0.2, 0.25) is 0 Å². The molecule has 2 atom stereocenters. The molecule has 0 amide bonds. The first kappa shape index (κ1) is 14.9. The third-order valence-corrected chi connectivity index (χ3v) is 3.72. The van der Waals surface area contributed by atoms with Crippen molar-refractivity contribution in [3.05, 3.63) is 0 Å². The molecule has 17 heavy (non-hydrogen) atoms. The predicted octanol–water partition coefficient (Wildman–Crippen LogP) is 2.74.